The summed E-state index contributed by atoms with van der Waals surface area (Å²) in [7, 11) is 3.37. The highest BCUT2D eigenvalue weighted by molar-refractivity contribution is 5.47. The Morgan fingerprint density at radius 3 is 2.20 bits per heavy atom. The Kier molecular flexibility index (Phi) is 4.89. The van der Waals surface area contributed by atoms with Crippen molar-refractivity contribution in [3.63, 3.8) is 0 Å². The number of nitrogens with one attached hydrogen (secondary N) is 1. The summed E-state index contributed by atoms with van der Waals surface area (Å²) in [6.45, 7) is 9.75. The van der Waals surface area contributed by atoms with E-state index in [9.17, 15) is 0 Å². The number of piperazine rings is 1. The molecular formula is C16H26N2O2. The second-order valence-corrected chi connectivity index (χ2v) is 5.66. The van der Waals surface area contributed by atoms with Gasteiger partial charge in [0.05, 0.1) is 14.2 Å². The predicted octanol–water partition coefficient (Wildman–Crippen LogP) is 2.19. The van der Waals surface area contributed by atoms with Gasteiger partial charge in [0.25, 0.3) is 0 Å². The van der Waals surface area contributed by atoms with Crippen molar-refractivity contribution < 1.29 is 9.47 Å². The van der Waals surface area contributed by atoms with Crippen LogP contribution in [-0.4, -0.2) is 44.3 Å². The van der Waals surface area contributed by atoms with Crippen LogP contribution in [0, 0.1) is 6.92 Å². The molecule has 1 fully saturated rings. The fraction of sp³-hybridized carbons (Fsp3) is 0.625. The van der Waals surface area contributed by atoms with Crippen molar-refractivity contribution in [2.24, 2.45) is 0 Å². The Hall–Kier alpha value is -1.26. The normalized spacial score (nSPS) is 23.6. The van der Waals surface area contributed by atoms with Gasteiger partial charge in [0.15, 0.2) is 11.5 Å². The average Bonchev–Trinajstić information content (AvgIpc) is 2.44. The number of nitrogens with zero attached hydrogens (tertiary/aromatic N) is 1. The van der Waals surface area contributed by atoms with Crippen LogP contribution in [0.1, 0.15) is 25.0 Å². The van der Waals surface area contributed by atoms with Crippen LogP contribution in [0.5, 0.6) is 11.5 Å². The molecule has 0 amide bonds. The van der Waals surface area contributed by atoms with Gasteiger partial charge in [-0.1, -0.05) is 0 Å². The summed E-state index contributed by atoms with van der Waals surface area (Å²) in [5, 5.41) is 3.47. The molecule has 4 nitrogen and oxygen atoms in total. The van der Waals surface area contributed by atoms with Crippen LogP contribution in [0.3, 0.4) is 0 Å². The van der Waals surface area contributed by atoms with Gasteiger partial charge in [0.1, 0.15) is 0 Å². The van der Waals surface area contributed by atoms with Crippen LogP contribution in [0.4, 0.5) is 0 Å². The first-order valence-corrected chi connectivity index (χ1v) is 7.24. The number of aryl methyl sites for hydroxylation is 1. The molecule has 1 aromatic rings. The second-order valence-electron chi connectivity index (χ2n) is 5.66. The van der Waals surface area contributed by atoms with Gasteiger partial charge in [-0.25, -0.2) is 0 Å². The van der Waals surface area contributed by atoms with Gasteiger partial charge < -0.3 is 14.8 Å². The molecular weight excluding hydrogens is 252 g/mol. The van der Waals surface area contributed by atoms with Crippen molar-refractivity contribution in [3.05, 3.63) is 23.3 Å². The molecule has 0 bridgehead atoms. The van der Waals surface area contributed by atoms with Gasteiger partial charge in [0.2, 0.25) is 0 Å². The zero-order valence-electron chi connectivity index (χ0n) is 13.2. The zero-order valence-corrected chi connectivity index (χ0v) is 13.2. The molecule has 1 N–H and O–H groups in total. The van der Waals surface area contributed by atoms with Gasteiger partial charge in [-0.05, 0) is 44.0 Å². The van der Waals surface area contributed by atoms with E-state index in [0.29, 0.717) is 12.1 Å². The molecule has 0 radical (unpaired) electrons. The topological polar surface area (TPSA) is 33.7 Å². The number of hydrogen-bond acceptors (Lipinski definition) is 4. The maximum atomic E-state index is 5.42. The highest BCUT2D eigenvalue weighted by Gasteiger charge is 2.25. The van der Waals surface area contributed by atoms with Crippen molar-refractivity contribution in [2.45, 2.75) is 39.4 Å². The lowest BCUT2D eigenvalue weighted by atomic mass is 10.0. The molecule has 0 aliphatic carbocycles. The number of ether oxygens (including phenoxy) is 2. The van der Waals surface area contributed by atoms with Crippen molar-refractivity contribution in [1.82, 2.24) is 10.2 Å². The number of rotatable bonds is 4. The fourth-order valence-electron chi connectivity index (χ4n) is 2.87. The van der Waals surface area contributed by atoms with E-state index in [4.69, 9.17) is 9.47 Å². The third-order valence-corrected chi connectivity index (χ3v) is 4.21. The van der Waals surface area contributed by atoms with Crippen molar-refractivity contribution >= 4 is 0 Å². The summed E-state index contributed by atoms with van der Waals surface area (Å²) in [5.41, 5.74) is 2.56. The van der Waals surface area contributed by atoms with E-state index in [0.717, 1.165) is 31.1 Å². The number of benzene rings is 1. The van der Waals surface area contributed by atoms with E-state index in [-0.39, 0.29) is 0 Å². The van der Waals surface area contributed by atoms with E-state index < -0.39 is 0 Å². The molecule has 1 heterocycles. The first-order chi connectivity index (χ1) is 9.56. The van der Waals surface area contributed by atoms with Gasteiger partial charge in [-0.15, -0.1) is 0 Å². The fourth-order valence-corrected chi connectivity index (χ4v) is 2.87. The summed E-state index contributed by atoms with van der Waals surface area (Å²) in [6, 6.07) is 5.26. The summed E-state index contributed by atoms with van der Waals surface area (Å²) >= 11 is 0. The molecule has 1 saturated heterocycles. The van der Waals surface area contributed by atoms with E-state index in [1.165, 1.54) is 11.1 Å². The van der Waals surface area contributed by atoms with Crippen LogP contribution in [0.25, 0.3) is 0 Å². The minimum atomic E-state index is 0.547. The third kappa shape index (κ3) is 3.07. The molecule has 0 saturated carbocycles. The smallest absolute Gasteiger partial charge is 0.161 e. The quantitative estimate of drug-likeness (QED) is 0.915. The van der Waals surface area contributed by atoms with E-state index in [1.807, 2.05) is 0 Å². The molecule has 1 aliphatic heterocycles. The van der Waals surface area contributed by atoms with Gasteiger partial charge in [-0.2, -0.15) is 0 Å². The Balaban J connectivity index is 2.24. The Labute approximate surface area is 122 Å². The van der Waals surface area contributed by atoms with Crippen LogP contribution < -0.4 is 14.8 Å². The maximum absolute atomic E-state index is 5.42. The van der Waals surface area contributed by atoms with E-state index in [2.05, 4.69) is 43.1 Å². The van der Waals surface area contributed by atoms with Gasteiger partial charge >= 0.3 is 0 Å². The van der Waals surface area contributed by atoms with Crippen LogP contribution >= 0.6 is 0 Å². The van der Waals surface area contributed by atoms with Crippen LogP contribution in [0.15, 0.2) is 12.1 Å². The minimum absolute atomic E-state index is 0.547. The summed E-state index contributed by atoms with van der Waals surface area (Å²) in [6.07, 6.45) is 0. The molecule has 2 rings (SSSR count). The predicted molar refractivity (Wildman–Crippen MR) is 81.6 cm³/mol. The summed E-state index contributed by atoms with van der Waals surface area (Å²) in [5.74, 6) is 1.61. The van der Waals surface area contributed by atoms with E-state index >= 15 is 0 Å². The molecule has 2 unspecified atom stereocenters. The molecule has 20 heavy (non-hydrogen) atoms. The van der Waals surface area contributed by atoms with Gasteiger partial charge in [-0.3, -0.25) is 4.90 Å². The number of hydrogen-bond donors (Lipinski definition) is 1. The SMILES string of the molecule is COc1cc(C)c(CN2C(C)CNCC2C)cc1OC. The highest BCUT2D eigenvalue weighted by atomic mass is 16.5. The summed E-state index contributed by atoms with van der Waals surface area (Å²) in [4.78, 5) is 2.55. The first-order valence-electron chi connectivity index (χ1n) is 7.24. The van der Waals surface area contributed by atoms with Crippen molar-refractivity contribution in [2.75, 3.05) is 27.3 Å². The monoisotopic (exact) mass is 278 g/mol. The van der Waals surface area contributed by atoms with Crippen LogP contribution in [-0.2, 0) is 6.54 Å². The molecule has 4 heteroatoms. The molecule has 1 aromatic carbocycles. The second kappa shape index (κ2) is 6.46. The number of methoxy groups -OCH3 is 2. The molecule has 0 spiro atoms. The molecule has 2 atom stereocenters. The molecule has 1 aliphatic rings. The van der Waals surface area contributed by atoms with Crippen molar-refractivity contribution in [3.8, 4) is 11.5 Å². The van der Waals surface area contributed by atoms with Gasteiger partial charge in [0, 0.05) is 31.7 Å². The van der Waals surface area contributed by atoms with Crippen LogP contribution in [0.2, 0.25) is 0 Å². The van der Waals surface area contributed by atoms with Crippen molar-refractivity contribution in [1.29, 1.82) is 0 Å². The largest absolute Gasteiger partial charge is 0.493 e. The zero-order chi connectivity index (χ0) is 14.7. The average molecular weight is 278 g/mol. The molecule has 112 valence electrons. The Morgan fingerprint density at radius 1 is 1.10 bits per heavy atom. The Bertz CT molecular complexity index is 452. The lowest BCUT2D eigenvalue weighted by Crippen LogP contribution is -2.54. The molecule has 0 aromatic heterocycles. The third-order valence-electron chi connectivity index (χ3n) is 4.21. The van der Waals surface area contributed by atoms with E-state index in [1.54, 1.807) is 14.2 Å². The maximum Gasteiger partial charge on any atom is 0.161 e. The highest BCUT2D eigenvalue weighted by Crippen LogP contribution is 2.31. The summed E-state index contributed by atoms with van der Waals surface area (Å²) < 4.78 is 10.8. The first kappa shape index (κ1) is 15.1. The Morgan fingerprint density at radius 2 is 1.65 bits per heavy atom. The lowest BCUT2D eigenvalue weighted by molar-refractivity contribution is 0.108. The lowest BCUT2D eigenvalue weighted by Gasteiger charge is -2.39. The standard InChI is InChI=1S/C16H26N2O2/c1-11-6-15(19-4)16(20-5)7-14(11)10-18-12(2)8-17-9-13(18)3/h6-7,12-13,17H,8-10H2,1-5H3. The minimum Gasteiger partial charge on any atom is -0.493 e.